The van der Waals surface area contributed by atoms with Gasteiger partial charge < -0.3 is 10.8 Å². The normalized spacial score (nSPS) is 48.5. The van der Waals surface area contributed by atoms with E-state index in [1.54, 1.807) is 0 Å². The number of aliphatic carboxylic acids is 1. The quantitative estimate of drug-likeness (QED) is 0.750. The van der Waals surface area contributed by atoms with Crippen molar-refractivity contribution in [1.82, 2.24) is 0 Å². The van der Waals surface area contributed by atoms with Gasteiger partial charge in [-0.15, -0.1) is 0 Å². The molecule has 15 heavy (non-hydrogen) atoms. The third-order valence-electron chi connectivity index (χ3n) is 5.43. The molecule has 3 heteroatoms. The lowest BCUT2D eigenvalue weighted by atomic mass is 9.65. The number of nitrogens with two attached hydrogens (primary N) is 1. The second-order valence-corrected chi connectivity index (χ2v) is 5.81. The number of carboxylic acids is 1. The smallest absolute Gasteiger partial charge is 0.303 e. The molecule has 2 aliphatic carbocycles. The fraction of sp³-hybridized carbons (Fsp3) is 0.917. The SMILES string of the molecule is C[C@]1(CCC(=O)O)[C@H]2CC[C@]1(C)[C@@H](N)C2. The van der Waals surface area contributed by atoms with Crippen LogP contribution in [0.2, 0.25) is 0 Å². The molecule has 0 radical (unpaired) electrons. The van der Waals surface area contributed by atoms with Crippen LogP contribution in [0.4, 0.5) is 0 Å². The van der Waals surface area contributed by atoms with Gasteiger partial charge >= 0.3 is 5.97 Å². The highest BCUT2D eigenvalue weighted by molar-refractivity contribution is 5.66. The van der Waals surface area contributed by atoms with Gasteiger partial charge in [0.2, 0.25) is 0 Å². The Bertz CT molecular complexity index is 291. The van der Waals surface area contributed by atoms with Crippen molar-refractivity contribution < 1.29 is 9.90 Å². The summed E-state index contributed by atoms with van der Waals surface area (Å²) in [4.78, 5) is 10.7. The maximum atomic E-state index is 10.7. The molecule has 0 unspecified atom stereocenters. The molecule has 3 N–H and O–H groups in total. The first-order valence-electron chi connectivity index (χ1n) is 5.87. The summed E-state index contributed by atoms with van der Waals surface area (Å²) in [6, 6.07) is 0.273. The fourth-order valence-corrected chi connectivity index (χ4v) is 3.95. The Kier molecular flexibility index (Phi) is 2.34. The maximum Gasteiger partial charge on any atom is 0.303 e. The second kappa shape index (κ2) is 3.21. The molecule has 2 rings (SSSR count). The van der Waals surface area contributed by atoms with Crippen molar-refractivity contribution in [3.05, 3.63) is 0 Å². The number of rotatable bonds is 3. The molecular weight excluding hydrogens is 190 g/mol. The molecule has 0 aromatic heterocycles. The van der Waals surface area contributed by atoms with Crippen molar-refractivity contribution in [2.45, 2.75) is 52.0 Å². The van der Waals surface area contributed by atoms with Gasteiger partial charge in [-0.2, -0.15) is 0 Å². The minimum absolute atomic E-state index is 0.158. The van der Waals surface area contributed by atoms with E-state index >= 15 is 0 Å². The molecule has 4 atom stereocenters. The number of carbonyl (C=O) groups is 1. The molecule has 2 saturated carbocycles. The molecule has 3 nitrogen and oxygen atoms in total. The van der Waals surface area contributed by atoms with Crippen LogP contribution in [0.3, 0.4) is 0 Å². The van der Waals surface area contributed by atoms with Crippen molar-refractivity contribution >= 4 is 5.97 Å². The zero-order valence-electron chi connectivity index (χ0n) is 9.62. The lowest BCUT2D eigenvalue weighted by Crippen LogP contribution is -2.42. The van der Waals surface area contributed by atoms with E-state index < -0.39 is 5.97 Å². The Morgan fingerprint density at radius 2 is 2.20 bits per heavy atom. The maximum absolute atomic E-state index is 10.7. The third-order valence-corrected chi connectivity index (χ3v) is 5.43. The number of hydrogen-bond donors (Lipinski definition) is 2. The van der Waals surface area contributed by atoms with E-state index in [4.69, 9.17) is 10.8 Å². The van der Waals surface area contributed by atoms with Crippen LogP contribution in [0.1, 0.15) is 46.0 Å². The Hall–Kier alpha value is -0.570. The van der Waals surface area contributed by atoms with Gasteiger partial charge in [-0.05, 0) is 42.4 Å². The minimum atomic E-state index is -0.681. The molecule has 0 saturated heterocycles. The van der Waals surface area contributed by atoms with Crippen LogP contribution in [0, 0.1) is 16.7 Å². The molecule has 86 valence electrons. The largest absolute Gasteiger partial charge is 0.481 e. The highest BCUT2D eigenvalue weighted by Gasteiger charge is 2.62. The van der Waals surface area contributed by atoms with Gasteiger partial charge in [0, 0.05) is 12.5 Å². The number of carboxylic acid groups (broad SMARTS) is 1. The van der Waals surface area contributed by atoms with Crippen LogP contribution in [-0.4, -0.2) is 17.1 Å². The Labute approximate surface area is 91.0 Å². The first-order chi connectivity index (χ1) is 6.90. The standard InChI is InChI=1S/C12H21NO2/c1-11(6-4-10(14)15)8-3-5-12(11,2)9(13)7-8/h8-9H,3-7,13H2,1-2H3,(H,14,15)/t8-,9-,11-,12+/m0/s1. The highest BCUT2D eigenvalue weighted by atomic mass is 16.4. The predicted octanol–water partition coefficient (Wildman–Crippen LogP) is 2.00. The lowest BCUT2D eigenvalue weighted by Gasteiger charge is -2.40. The summed E-state index contributed by atoms with van der Waals surface area (Å²) in [7, 11) is 0. The van der Waals surface area contributed by atoms with E-state index in [0.29, 0.717) is 5.92 Å². The lowest BCUT2D eigenvalue weighted by molar-refractivity contribution is -0.138. The highest BCUT2D eigenvalue weighted by Crippen LogP contribution is 2.66. The summed E-state index contributed by atoms with van der Waals surface area (Å²) in [6.07, 6.45) is 4.58. The van der Waals surface area contributed by atoms with Gasteiger partial charge in [0.05, 0.1) is 0 Å². The molecule has 0 heterocycles. The van der Waals surface area contributed by atoms with Crippen molar-refractivity contribution in [2.24, 2.45) is 22.5 Å². The first kappa shape index (κ1) is 10.9. The van der Waals surface area contributed by atoms with Crippen molar-refractivity contribution in [3.8, 4) is 0 Å². The van der Waals surface area contributed by atoms with E-state index in [1.807, 2.05) is 0 Å². The first-order valence-corrected chi connectivity index (χ1v) is 5.87. The van der Waals surface area contributed by atoms with E-state index in [2.05, 4.69) is 13.8 Å². The Morgan fingerprint density at radius 1 is 1.53 bits per heavy atom. The summed E-state index contributed by atoms with van der Waals surface area (Å²) < 4.78 is 0. The molecule has 0 amide bonds. The van der Waals surface area contributed by atoms with E-state index in [-0.39, 0.29) is 23.3 Å². The van der Waals surface area contributed by atoms with Crippen LogP contribution in [0.25, 0.3) is 0 Å². The van der Waals surface area contributed by atoms with Gasteiger partial charge in [-0.25, -0.2) is 0 Å². The minimum Gasteiger partial charge on any atom is -0.481 e. The molecule has 2 aliphatic rings. The summed E-state index contributed by atoms with van der Waals surface area (Å²) >= 11 is 0. The van der Waals surface area contributed by atoms with E-state index in [0.717, 1.165) is 12.8 Å². The van der Waals surface area contributed by atoms with Gasteiger partial charge in [0.15, 0.2) is 0 Å². The predicted molar refractivity (Wildman–Crippen MR) is 58.4 cm³/mol. The van der Waals surface area contributed by atoms with Crippen LogP contribution in [0.15, 0.2) is 0 Å². The van der Waals surface area contributed by atoms with Crippen LogP contribution in [0.5, 0.6) is 0 Å². The Balaban J connectivity index is 2.17. The Morgan fingerprint density at radius 3 is 2.60 bits per heavy atom. The van der Waals surface area contributed by atoms with Crippen LogP contribution in [-0.2, 0) is 4.79 Å². The summed E-state index contributed by atoms with van der Waals surface area (Å²) in [6.45, 7) is 4.51. The van der Waals surface area contributed by atoms with Crippen molar-refractivity contribution in [1.29, 1.82) is 0 Å². The topological polar surface area (TPSA) is 63.3 Å². The van der Waals surface area contributed by atoms with Crippen LogP contribution >= 0.6 is 0 Å². The second-order valence-electron chi connectivity index (χ2n) is 5.81. The van der Waals surface area contributed by atoms with Gasteiger partial charge in [-0.1, -0.05) is 13.8 Å². The van der Waals surface area contributed by atoms with Crippen LogP contribution < -0.4 is 5.73 Å². The van der Waals surface area contributed by atoms with E-state index in [1.165, 1.54) is 12.8 Å². The van der Waals surface area contributed by atoms with Gasteiger partial charge in [0.1, 0.15) is 0 Å². The summed E-state index contributed by atoms with van der Waals surface area (Å²) in [5.74, 6) is -0.0310. The number of fused-ring (bicyclic) bond motifs is 2. The van der Waals surface area contributed by atoms with Crippen molar-refractivity contribution in [2.75, 3.05) is 0 Å². The zero-order chi connectivity index (χ0) is 11.3. The molecule has 0 spiro atoms. The zero-order valence-corrected chi connectivity index (χ0v) is 9.62. The van der Waals surface area contributed by atoms with Gasteiger partial charge in [0.25, 0.3) is 0 Å². The molecule has 2 fully saturated rings. The summed E-state index contributed by atoms with van der Waals surface area (Å²) in [5, 5.41) is 8.80. The average molecular weight is 211 g/mol. The molecular formula is C12H21NO2. The van der Waals surface area contributed by atoms with Crippen molar-refractivity contribution in [3.63, 3.8) is 0 Å². The molecule has 0 aliphatic heterocycles. The average Bonchev–Trinajstić information content (AvgIpc) is 2.50. The third kappa shape index (κ3) is 1.32. The molecule has 0 aromatic carbocycles. The number of hydrogen-bond acceptors (Lipinski definition) is 2. The monoisotopic (exact) mass is 211 g/mol. The molecule has 2 bridgehead atoms. The van der Waals surface area contributed by atoms with E-state index in [9.17, 15) is 4.79 Å². The van der Waals surface area contributed by atoms with Gasteiger partial charge in [-0.3, -0.25) is 4.79 Å². The summed E-state index contributed by atoms with van der Waals surface area (Å²) in [5.41, 5.74) is 6.52. The fourth-order valence-electron chi connectivity index (χ4n) is 3.95. The molecule has 0 aromatic rings.